The van der Waals surface area contributed by atoms with E-state index in [2.05, 4.69) is 105 Å². The Kier molecular flexibility index (Phi) is 11.0. The zero-order valence-electron chi connectivity index (χ0n) is 26.0. The molecule has 210 valence electrons. The molecule has 5 heteroatoms. The smallest absolute Gasteiger partial charge is 0.193 e. The largest absolute Gasteiger partial charge is 0.413 e. The van der Waals surface area contributed by atoms with Crippen LogP contribution in [0.2, 0.25) is 36.3 Å². The Balaban J connectivity index is 2.43. The van der Waals surface area contributed by atoms with E-state index in [1.807, 2.05) is 6.08 Å². The maximum Gasteiger partial charge on any atom is 0.193 e. The highest BCUT2D eigenvalue weighted by atomic mass is 28.4. The van der Waals surface area contributed by atoms with Gasteiger partial charge in [0.2, 0.25) is 0 Å². The number of hydrogen-bond donors (Lipinski definition) is 1. The van der Waals surface area contributed by atoms with Crippen LogP contribution in [0.3, 0.4) is 0 Å². The molecular formula is C32H56O3Si2. The van der Waals surface area contributed by atoms with Crippen molar-refractivity contribution in [1.82, 2.24) is 0 Å². The van der Waals surface area contributed by atoms with Crippen LogP contribution in [-0.4, -0.2) is 40.6 Å². The Labute approximate surface area is 231 Å². The second-order valence-electron chi connectivity index (χ2n) is 14.5. The minimum Gasteiger partial charge on any atom is -0.413 e. The second-order valence-corrected chi connectivity index (χ2v) is 24.0. The summed E-state index contributed by atoms with van der Waals surface area (Å²) in [6.07, 6.45) is 6.96. The molecule has 0 radical (unpaired) electrons. The lowest BCUT2D eigenvalue weighted by Gasteiger charge is -2.40. The Morgan fingerprint density at radius 2 is 1.62 bits per heavy atom. The third kappa shape index (κ3) is 8.33. The highest BCUT2D eigenvalue weighted by molar-refractivity contribution is 6.74. The average Bonchev–Trinajstić information content (AvgIpc) is 3.26. The lowest BCUT2D eigenvalue weighted by Crippen LogP contribution is -2.45. The van der Waals surface area contributed by atoms with Crippen LogP contribution in [0.1, 0.15) is 87.5 Å². The van der Waals surface area contributed by atoms with E-state index in [9.17, 15) is 5.11 Å². The van der Waals surface area contributed by atoms with Crippen LogP contribution in [0.25, 0.3) is 0 Å². The molecule has 2 aliphatic rings. The molecule has 2 rings (SSSR count). The number of rotatable bonds is 7. The Bertz CT molecular complexity index is 914. The SMILES string of the molecule is CCC#CC[C@H](C)[C@@H](C#C[C@@H]1[C@H]2C/C(=C\CO)C[C@H]2C[C@H]1O[Si](C)(C)C(C)(C)C)O[Si](C)(C)C(C)(C)C. The van der Waals surface area contributed by atoms with Gasteiger partial charge in [-0.2, -0.15) is 0 Å². The summed E-state index contributed by atoms with van der Waals surface area (Å²) in [6, 6.07) is 0. The van der Waals surface area contributed by atoms with Crippen molar-refractivity contribution in [3.63, 3.8) is 0 Å². The molecule has 1 N–H and O–H groups in total. The maximum atomic E-state index is 9.50. The molecule has 0 saturated heterocycles. The monoisotopic (exact) mass is 544 g/mol. The molecular weight excluding hydrogens is 489 g/mol. The highest BCUT2D eigenvalue weighted by Crippen LogP contribution is 2.52. The molecule has 2 aliphatic carbocycles. The molecule has 0 spiro atoms. The first-order valence-electron chi connectivity index (χ1n) is 14.5. The van der Waals surface area contributed by atoms with E-state index in [1.165, 1.54) is 5.57 Å². The summed E-state index contributed by atoms with van der Waals surface area (Å²) < 4.78 is 14.0. The van der Waals surface area contributed by atoms with Gasteiger partial charge in [-0.05, 0) is 67.4 Å². The first kappa shape index (κ1) is 32.4. The van der Waals surface area contributed by atoms with Crippen LogP contribution in [0.15, 0.2) is 11.6 Å². The number of aliphatic hydroxyl groups is 1. The summed E-state index contributed by atoms with van der Waals surface area (Å²) in [7, 11) is -3.92. The lowest BCUT2D eigenvalue weighted by atomic mass is 9.91. The van der Waals surface area contributed by atoms with Gasteiger partial charge in [0, 0.05) is 24.7 Å². The standard InChI is InChI=1S/C32H56O3Si2/c1-13-14-15-16-24(2)29(34-36(9,10)31(3,4)5)18-17-27-28-22-25(19-20-33)21-26(28)23-30(27)35-37(11,12)32(6,7)8/h19,24,26-30,33H,13,16,20-23H2,1-12H3/b25-19-/t24-,26-,27+,28-,29+,30+/m0/s1. The third-order valence-electron chi connectivity index (χ3n) is 9.52. The summed E-state index contributed by atoms with van der Waals surface area (Å²) in [5.41, 5.74) is 1.40. The molecule has 2 fully saturated rings. The van der Waals surface area contributed by atoms with Crippen LogP contribution in [-0.2, 0) is 8.85 Å². The molecule has 0 aliphatic heterocycles. The summed E-state index contributed by atoms with van der Waals surface area (Å²) in [5.74, 6) is 15.6. The van der Waals surface area contributed by atoms with Crippen LogP contribution in [0, 0.1) is 47.4 Å². The highest BCUT2D eigenvalue weighted by Gasteiger charge is 2.50. The van der Waals surface area contributed by atoms with Crippen molar-refractivity contribution in [3.05, 3.63) is 11.6 Å². The van der Waals surface area contributed by atoms with Gasteiger partial charge in [0.1, 0.15) is 6.10 Å². The van der Waals surface area contributed by atoms with Crippen molar-refractivity contribution < 1.29 is 14.0 Å². The summed E-state index contributed by atoms with van der Waals surface area (Å²) >= 11 is 0. The maximum absolute atomic E-state index is 9.50. The molecule has 0 bridgehead atoms. The van der Waals surface area contributed by atoms with Crippen molar-refractivity contribution >= 4 is 16.6 Å². The summed E-state index contributed by atoms with van der Waals surface area (Å²) in [5, 5.41) is 9.80. The predicted molar refractivity (Wildman–Crippen MR) is 163 cm³/mol. The topological polar surface area (TPSA) is 38.7 Å². The fraction of sp³-hybridized carbons (Fsp3) is 0.812. The normalized spacial score (nSPS) is 27.2. The van der Waals surface area contributed by atoms with Gasteiger partial charge in [-0.15, -0.1) is 11.8 Å². The van der Waals surface area contributed by atoms with Crippen LogP contribution < -0.4 is 0 Å². The van der Waals surface area contributed by atoms with E-state index in [-0.39, 0.29) is 40.7 Å². The zero-order chi connectivity index (χ0) is 28.2. The molecule has 6 atom stereocenters. The van der Waals surface area contributed by atoms with Gasteiger partial charge in [-0.1, -0.05) is 78.9 Å². The molecule has 0 aromatic heterocycles. The summed E-state index contributed by atoms with van der Waals surface area (Å²) in [4.78, 5) is 0. The van der Waals surface area contributed by atoms with Crippen molar-refractivity contribution in [1.29, 1.82) is 0 Å². The van der Waals surface area contributed by atoms with Gasteiger partial charge in [-0.25, -0.2) is 0 Å². The van der Waals surface area contributed by atoms with Gasteiger partial charge in [0.25, 0.3) is 0 Å². The van der Waals surface area contributed by atoms with Crippen molar-refractivity contribution in [2.75, 3.05) is 6.61 Å². The van der Waals surface area contributed by atoms with Crippen LogP contribution in [0.5, 0.6) is 0 Å². The molecule has 0 unspecified atom stereocenters. The predicted octanol–water partition coefficient (Wildman–Crippen LogP) is 8.18. The minimum absolute atomic E-state index is 0.117. The quantitative estimate of drug-likeness (QED) is 0.199. The Hall–Kier alpha value is -0.826. The second kappa shape index (κ2) is 12.6. The van der Waals surface area contributed by atoms with E-state index < -0.39 is 16.6 Å². The van der Waals surface area contributed by atoms with Crippen LogP contribution in [0.4, 0.5) is 0 Å². The molecule has 0 aromatic rings. The molecule has 3 nitrogen and oxygen atoms in total. The van der Waals surface area contributed by atoms with Crippen molar-refractivity contribution in [2.45, 2.75) is 136 Å². The van der Waals surface area contributed by atoms with E-state index in [0.29, 0.717) is 11.8 Å². The first-order chi connectivity index (χ1) is 16.9. The fourth-order valence-electron chi connectivity index (χ4n) is 5.04. The molecule has 0 amide bonds. The van der Waals surface area contributed by atoms with Gasteiger partial charge >= 0.3 is 0 Å². The van der Waals surface area contributed by atoms with Gasteiger partial charge in [0.15, 0.2) is 16.6 Å². The lowest BCUT2D eigenvalue weighted by molar-refractivity contribution is 0.150. The Morgan fingerprint density at radius 3 is 2.16 bits per heavy atom. The number of allylic oxidation sites excluding steroid dienone is 1. The average molecular weight is 545 g/mol. The van der Waals surface area contributed by atoms with Gasteiger partial charge < -0.3 is 14.0 Å². The van der Waals surface area contributed by atoms with Gasteiger partial charge in [-0.3, -0.25) is 0 Å². The number of fused-ring (bicyclic) bond motifs is 1. The summed E-state index contributed by atoms with van der Waals surface area (Å²) in [6.45, 7) is 27.7. The number of aliphatic hydroxyl groups excluding tert-OH is 1. The zero-order valence-corrected chi connectivity index (χ0v) is 28.0. The fourth-order valence-corrected chi connectivity index (χ4v) is 7.67. The molecule has 2 saturated carbocycles. The molecule has 0 aromatic carbocycles. The van der Waals surface area contributed by atoms with Crippen molar-refractivity contribution in [3.8, 4) is 23.7 Å². The van der Waals surface area contributed by atoms with E-state index in [1.54, 1.807) is 0 Å². The first-order valence-corrected chi connectivity index (χ1v) is 20.4. The van der Waals surface area contributed by atoms with E-state index in [4.69, 9.17) is 8.85 Å². The molecule has 0 heterocycles. The number of hydrogen-bond acceptors (Lipinski definition) is 3. The van der Waals surface area contributed by atoms with E-state index >= 15 is 0 Å². The Morgan fingerprint density at radius 1 is 1.00 bits per heavy atom. The van der Waals surface area contributed by atoms with Gasteiger partial charge in [0.05, 0.1) is 12.7 Å². The minimum atomic E-state index is -2.00. The van der Waals surface area contributed by atoms with Crippen LogP contribution >= 0.6 is 0 Å². The van der Waals surface area contributed by atoms with Crippen molar-refractivity contribution in [2.24, 2.45) is 23.7 Å². The molecule has 37 heavy (non-hydrogen) atoms. The third-order valence-corrected chi connectivity index (χ3v) is 18.5. The van der Waals surface area contributed by atoms with E-state index in [0.717, 1.165) is 32.1 Å².